The second kappa shape index (κ2) is 25.0. The number of hydrogen-bond donors (Lipinski definition) is 1. The van der Waals surface area contributed by atoms with Gasteiger partial charge >= 0.3 is 30.0 Å². The number of fused-ring (bicyclic) bond motifs is 2. The van der Waals surface area contributed by atoms with Crippen molar-refractivity contribution in [2.24, 2.45) is 22.7 Å². The second-order valence-electron chi connectivity index (χ2n) is 22.7. The van der Waals surface area contributed by atoms with Crippen LogP contribution < -0.4 is 9.47 Å². The van der Waals surface area contributed by atoms with E-state index in [1.807, 2.05) is 34.6 Å². The Bertz CT molecular complexity index is 2580. The first-order chi connectivity index (χ1) is 36.5. The van der Waals surface area contributed by atoms with Crippen molar-refractivity contribution in [2.45, 2.75) is 188 Å². The number of hydrogen-bond acceptors (Lipinski definition) is 18. The fourth-order valence-corrected chi connectivity index (χ4v) is 14.5. The van der Waals surface area contributed by atoms with Gasteiger partial charge in [0, 0.05) is 43.7 Å². The number of nitrogens with zero attached hydrogens (tertiary/aromatic N) is 1. The van der Waals surface area contributed by atoms with Gasteiger partial charge in [-0.3, -0.25) is 24.1 Å². The summed E-state index contributed by atoms with van der Waals surface area (Å²) in [5, 5.41) is 14.2. The number of aldehydes is 1. The molecular weight excluding hydrogens is 1030 g/mol. The minimum Gasteiger partial charge on any atom is -0.497 e. The van der Waals surface area contributed by atoms with Gasteiger partial charge in [0.1, 0.15) is 47.8 Å². The van der Waals surface area contributed by atoms with Crippen LogP contribution in [0.1, 0.15) is 138 Å². The average molecular weight is 1110 g/mol. The minimum absolute atomic E-state index is 0.00840. The maximum atomic E-state index is 16.4. The topological polar surface area (TPSA) is 243 Å². The number of rotatable bonds is 21. The van der Waals surface area contributed by atoms with Crippen LogP contribution in [0.25, 0.3) is 0 Å². The molecule has 5 rings (SSSR count). The molecule has 1 unspecified atom stereocenters. The van der Waals surface area contributed by atoms with Crippen LogP contribution >= 0.6 is 0 Å². The molecule has 2 aromatic rings. The third-order valence-electron chi connectivity index (χ3n) is 16.0. The van der Waals surface area contributed by atoms with Gasteiger partial charge in [0.25, 0.3) is 0 Å². The Morgan fingerprint density at radius 3 is 2.05 bits per heavy atom. The highest BCUT2D eigenvalue weighted by molar-refractivity contribution is 6.73. The lowest BCUT2D eigenvalue weighted by Crippen LogP contribution is -2.72. The summed E-state index contributed by atoms with van der Waals surface area (Å²) in [5.74, 6) is -7.32. The first-order valence-electron chi connectivity index (χ1n) is 26.7. The Labute approximate surface area is 459 Å². The lowest BCUT2D eigenvalue weighted by molar-refractivity contribution is -0.218. The lowest BCUT2D eigenvalue weighted by Gasteiger charge is -2.60. The van der Waals surface area contributed by atoms with Crippen molar-refractivity contribution in [3.8, 4) is 11.5 Å². The number of aliphatic hydroxyl groups is 1. The molecule has 10 atom stereocenters. The van der Waals surface area contributed by atoms with Gasteiger partial charge in [-0.15, -0.1) is 0 Å². The Kier molecular flexibility index (Phi) is 20.2. The highest BCUT2D eigenvalue weighted by atomic mass is 28.4. The number of Topliss-reactive ketones (excluding diaryl/α,β-unsaturated/α-hetero) is 2. The van der Waals surface area contributed by atoms with Gasteiger partial charge in [-0.2, -0.15) is 0 Å². The van der Waals surface area contributed by atoms with Crippen LogP contribution in [0.5, 0.6) is 11.5 Å². The van der Waals surface area contributed by atoms with Crippen LogP contribution in [0, 0.1) is 22.7 Å². The van der Waals surface area contributed by atoms with Crippen molar-refractivity contribution in [1.82, 2.24) is 4.90 Å². The SMILES string of the molecule is CC[Si](CC)(CC)O[C@@H](CC=O)[C@@]1(C)C(=O)[C@H](OC(C)=O)C2=C(C)[C@@H](OC(=O)[C@@H]3OC(c4ccc(OC)cc4OC)N(C(=O)OC(C)(C)C)[C@@H]3CC(C)C)C[C@@](O)([C@@H](OC(=O)c3ccccc3)[C@@H]1C(=O)COC(C)=O)C2(C)C. The summed E-state index contributed by atoms with van der Waals surface area (Å²) in [7, 11) is 0.0172. The molecule has 1 heterocycles. The molecule has 2 bridgehead atoms. The molecule has 1 amide bonds. The molecular formula is C58H81NO18Si. The van der Waals surface area contributed by atoms with Gasteiger partial charge in [0.15, 0.2) is 38.3 Å². The van der Waals surface area contributed by atoms with E-state index in [-0.39, 0.29) is 34.8 Å². The average Bonchev–Trinajstić information content (AvgIpc) is 3.85. The van der Waals surface area contributed by atoms with Crippen LogP contribution in [-0.4, -0.2) is 135 Å². The number of amides is 1. The summed E-state index contributed by atoms with van der Waals surface area (Å²) < 4.78 is 55.3. The summed E-state index contributed by atoms with van der Waals surface area (Å²) in [5.41, 5.74) is -7.27. The van der Waals surface area contributed by atoms with Gasteiger partial charge in [-0.1, -0.05) is 66.7 Å². The van der Waals surface area contributed by atoms with E-state index in [4.69, 9.17) is 42.3 Å². The van der Waals surface area contributed by atoms with Crippen LogP contribution in [0.2, 0.25) is 18.1 Å². The Hall–Kier alpha value is -5.96. The molecule has 0 aromatic heterocycles. The molecule has 2 aliphatic carbocycles. The number of carbonyl (C=O) groups excluding carboxylic acids is 8. The Balaban J connectivity index is 1.85. The summed E-state index contributed by atoms with van der Waals surface area (Å²) in [6.07, 6.45) is -11.1. The number of ether oxygens (including phenoxy) is 8. The van der Waals surface area contributed by atoms with Gasteiger partial charge in [0.2, 0.25) is 0 Å². The summed E-state index contributed by atoms with van der Waals surface area (Å²) >= 11 is 0. The molecule has 20 heteroatoms. The third kappa shape index (κ3) is 12.7. The van der Waals surface area contributed by atoms with Crippen molar-refractivity contribution in [3.63, 3.8) is 0 Å². The van der Waals surface area contributed by atoms with E-state index in [1.165, 1.54) is 52.0 Å². The van der Waals surface area contributed by atoms with Crippen LogP contribution in [0.4, 0.5) is 4.79 Å². The monoisotopic (exact) mass is 1110 g/mol. The zero-order chi connectivity index (χ0) is 58.5. The molecule has 1 saturated heterocycles. The molecule has 0 radical (unpaired) electrons. The quantitative estimate of drug-likeness (QED) is 0.0404. The van der Waals surface area contributed by atoms with Crippen LogP contribution in [0.15, 0.2) is 59.7 Å². The molecule has 1 saturated carbocycles. The van der Waals surface area contributed by atoms with E-state index in [0.717, 1.165) is 13.8 Å². The van der Waals surface area contributed by atoms with E-state index >= 15 is 14.4 Å². The summed E-state index contributed by atoms with van der Waals surface area (Å²) in [4.78, 5) is 117. The largest absolute Gasteiger partial charge is 0.497 e. The lowest BCUT2D eigenvalue weighted by atomic mass is 9.49. The van der Waals surface area contributed by atoms with Gasteiger partial charge in [-0.25, -0.2) is 14.4 Å². The molecule has 1 N–H and O–H groups in total. The summed E-state index contributed by atoms with van der Waals surface area (Å²) in [6, 6.07) is 13.1. The van der Waals surface area contributed by atoms with Crippen LogP contribution in [-0.2, 0) is 61.6 Å². The maximum absolute atomic E-state index is 16.4. The minimum atomic E-state index is -2.89. The van der Waals surface area contributed by atoms with Gasteiger partial charge in [0.05, 0.1) is 43.3 Å². The van der Waals surface area contributed by atoms with Crippen molar-refractivity contribution in [2.75, 3.05) is 20.8 Å². The predicted molar refractivity (Wildman–Crippen MR) is 287 cm³/mol. The predicted octanol–water partition coefficient (Wildman–Crippen LogP) is 8.62. The fourth-order valence-electron chi connectivity index (χ4n) is 11.6. The van der Waals surface area contributed by atoms with Crippen molar-refractivity contribution >= 4 is 56.1 Å². The normalized spacial score (nSPS) is 26.5. The van der Waals surface area contributed by atoms with Crippen molar-refractivity contribution in [1.29, 1.82) is 0 Å². The molecule has 0 spiro atoms. The zero-order valence-electron chi connectivity index (χ0n) is 48.2. The third-order valence-corrected chi connectivity index (χ3v) is 20.6. The van der Waals surface area contributed by atoms with Crippen molar-refractivity contribution in [3.05, 3.63) is 70.8 Å². The molecule has 2 aromatic carbocycles. The number of ketones is 2. The first-order valence-corrected chi connectivity index (χ1v) is 29.3. The number of carbonyl (C=O) groups is 8. The zero-order valence-corrected chi connectivity index (χ0v) is 49.2. The van der Waals surface area contributed by atoms with Crippen LogP contribution in [0.3, 0.4) is 0 Å². The highest BCUT2D eigenvalue weighted by Crippen LogP contribution is 2.59. The molecule has 1 aliphatic heterocycles. The standard InChI is InChI=1S/C58H81NO18Si/c1-17-78(18-2,19-3)77-44(27-28-60)57(14)46(41(63)32-71-35(7)61)50(75-52(65)37-23-21-20-22-24-37)58(68)31-43(34(6)45(56(58,12)13)48(49(57)64)72-36(8)62)73-53(66)47-40(29-33(4)5)59(54(67)76-55(9,10)11)51(74-47)39-26-25-38(69-15)30-42(39)70-16/h20-26,28,30,33,40,43-44,46-48,50-51,68H,17-19,27,29,31-32H2,1-16H3/t40-,43+,44+,46+,47-,48-,50+,51?,57-,58-/m1/s1. The fraction of sp³-hybridized carbons (Fsp3) is 0.621. The molecule has 2 fully saturated rings. The van der Waals surface area contributed by atoms with Crippen molar-refractivity contribution < 1.29 is 85.8 Å². The first kappa shape index (κ1) is 62.9. The highest BCUT2D eigenvalue weighted by Gasteiger charge is 2.71. The number of methoxy groups -OCH3 is 2. The molecule has 19 nitrogen and oxygen atoms in total. The van der Waals surface area contributed by atoms with Gasteiger partial charge < -0.3 is 52.2 Å². The smallest absolute Gasteiger partial charge is 0.413 e. The molecule has 3 aliphatic rings. The maximum Gasteiger partial charge on any atom is 0.413 e. The van der Waals surface area contributed by atoms with E-state index in [1.54, 1.807) is 64.1 Å². The molecule has 78 heavy (non-hydrogen) atoms. The summed E-state index contributed by atoms with van der Waals surface area (Å²) in [6.45, 7) is 21.8. The van der Waals surface area contributed by atoms with E-state index < -0.39 is 140 Å². The van der Waals surface area contributed by atoms with E-state index in [9.17, 15) is 29.1 Å². The van der Waals surface area contributed by atoms with Gasteiger partial charge in [-0.05, 0) is 101 Å². The number of benzene rings is 2. The Morgan fingerprint density at radius 2 is 1.53 bits per heavy atom. The Morgan fingerprint density at radius 1 is 0.897 bits per heavy atom. The molecule has 430 valence electrons. The second-order valence-corrected chi connectivity index (χ2v) is 27.4. The number of esters is 4. The van der Waals surface area contributed by atoms with E-state index in [0.29, 0.717) is 35.7 Å². The van der Waals surface area contributed by atoms with E-state index in [2.05, 4.69) is 0 Å².